The molecule has 5 nitrogen and oxygen atoms in total. The number of halogens is 2. The standard InChI is InChI=1S/C21H25ClFN3O2/c22-19-12-17(5-6-20(19)28-15-21(24)27)14-26-8-2-7-25(9-10-26)13-16-3-1-4-18(23)11-16/h1,3-6,11-12H,2,7-10,13-15H2,(H2,24,27). The molecule has 0 radical (unpaired) electrons. The van der Waals surface area contributed by atoms with Crippen molar-refractivity contribution in [1.29, 1.82) is 0 Å². The lowest BCUT2D eigenvalue weighted by atomic mass is 10.2. The number of ether oxygens (including phenoxy) is 1. The summed E-state index contributed by atoms with van der Waals surface area (Å²) in [7, 11) is 0. The maximum Gasteiger partial charge on any atom is 0.255 e. The van der Waals surface area contributed by atoms with Gasteiger partial charge in [-0.2, -0.15) is 0 Å². The molecule has 1 heterocycles. The maximum atomic E-state index is 13.4. The lowest BCUT2D eigenvalue weighted by Gasteiger charge is -2.22. The largest absolute Gasteiger partial charge is 0.482 e. The number of primary amides is 1. The lowest BCUT2D eigenvalue weighted by molar-refractivity contribution is -0.119. The number of nitrogens with zero attached hydrogens (tertiary/aromatic N) is 2. The highest BCUT2D eigenvalue weighted by atomic mass is 35.5. The van der Waals surface area contributed by atoms with E-state index in [-0.39, 0.29) is 12.4 Å². The molecule has 0 spiro atoms. The Hall–Kier alpha value is -2.15. The van der Waals surface area contributed by atoms with Crippen LogP contribution in [0.5, 0.6) is 5.75 Å². The van der Waals surface area contributed by atoms with Crippen LogP contribution < -0.4 is 10.5 Å². The summed E-state index contributed by atoms with van der Waals surface area (Å²) in [5.74, 6) is -0.261. The quantitative estimate of drug-likeness (QED) is 0.769. The molecule has 3 rings (SSSR count). The summed E-state index contributed by atoms with van der Waals surface area (Å²) in [6.45, 7) is 5.24. The first kappa shape index (κ1) is 20.6. The molecule has 1 amide bonds. The Labute approximate surface area is 169 Å². The topological polar surface area (TPSA) is 58.8 Å². The van der Waals surface area contributed by atoms with E-state index in [2.05, 4.69) is 9.80 Å². The molecule has 0 aliphatic carbocycles. The number of nitrogens with two attached hydrogens (primary N) is 1. The zero-order valence-electron chi connectivity index (χ0n) is 15.7. The average Bonchev–Trinajstić information content (AvgIpc) is 2.86. The van der Waals surface area contributed by atoms with Crippen LogP contribution in [-0.2, 0) is 17.9 Å². The third kappa shape index (κ3) is 6.19. The molecule has 1 saturated heterocycles. The van der Waals surface area contributed by atoms with E-state index in [1.165, 1.54) is 6.07 Å². The fourth-order valence-corrected chi connectivity index (χ4v) is 3.66. The van der Waals surface area contributed by atoms with Crippen molar-refractivity contribution in [3.63, 3.8) is 0 Å². The highest BCUT2D eigenvalue weighted by Crippen LogP contribution is 2.26. The van der Waals surface area contributed by atoms with Gasteiger partial charge in [0.05, 0.1) is 5.02 Å². The first-order valence-corrected chi connectivity index (χ1v) is 9.76. The van der Waals surface area contributed by atoms with E-state index in [9.17, 15) is 9.18 Å². The van der Waals surface area contributed by atoms with Gasteiger partial charge in [-0.1, -0.05) is 29.8 Å². The smallest absolute Gasteiger partial charge is 0.255 e. The molecule has 1 fully saturated rings. The van der Waals surface area contributed by atoms with E-state index in [4.69, 9.17) is 22.1 Å². The van der Waals surface area contributed by atoms with Crippen LogP contribution in [0.2, 0.25) is 5.02 Å². The van der Waals surface area contributed by atoms with Crippen LogP contribution in [0.3, 0.4) is 0 Å². The molecule has 1 aliphatic rings. The van der Waals surface area contributed by atoms with Crippen molar-refractivity contribution >= 4 is 17.5 Å². The van der Waals surface area contributed by atoms with Crippen LogP contribution >= 0.6 is 11.6 Å². The molecule has 7 heteroatoms. The first-order valence-electron chi connectivity index (χ1n) is 9.38. The molecule has 0 aromatic heterocycles. The van der Waals surface area contributed by atoms with E-state index in [0.717, 1.165) is 56.8 Å². The van der Waals surface area contributed by atoms with Crippen molar-refractivity contribution in [2.45, 2.75) is 19.5 Å². The number of rotatable bonds is 7. The fraction of sp³-hybridized carbons (Fsp3) is 0.381. The zero-order valence-corrected chi connectivity index (χ0v) is 16.5. The lowest BCUT2D eigenvalue weighted by Crippen LogP contribution is -2.30. The van der Waals surface area contributed by atoms with Crippen molar-refractivity contribution in [1.82, 2.24) is 9.80 Å². The Bertz CT molecular complexity index is 818. The fourth-order valence-electron chi connectivity index (χ4n) is 3.40. The van der Waals surface area contributed by atoms with Gasteiger partial charge in [0.1, 0.15) is 11.6 Å². The Kier molecular flexibility index (Phi) is 7.25. The molecular weight excluding hydrogens is 381 g/mol. The molecule has 2 aromatic carbocycles. The molecule has 2 N–H and O–H groups in total. The second kappa shape index (κ2) is 9.87. The molecule has 0 saturated carbocycles. The SMILES string of the molecule is NC(=O)COc1ccc(CN2CCCN(Cc3cccc(F)c3)CC2)cc1Cl. The molecule has 0 unspecified atom stereocenters. The van der Waals surface area contributed by atoms with E-state index in [1.54, 1.807) is 18.2 Å². The maximum absolute atomic E-state index is 13.4. The molecule has 2 aromatic rings. The Balaban J connectivity index is 1.53. The van der Waals surface area contributed by atoms with Gasteiger partial charge in [-0.25, -0.2) is 4.39 Å². The summed E-state index contributed by atoms with van der Waals surface area (Å²) in [6.07, 6.45) is 1.06. The van der Waals surface area contributed by atoms with Gasteiger partial charge in [-0.15, -0.1) is 0 Å². The minimum atomic E-state index is -0.535. The number of carbonyl (C=O) groups excluding carboxylic acids is 1. The van der Waals surface area contributed by atoms with Gasteiger partial charge < -0.3 is 10.5 Å². The van der Waals surface area contributed by atoms with E-state index >= 15 is 0 Å². The average molecular weight is 406 g/mol. The third-order valence-corrected chi connectivity index (χ3v) is 5.04. The minimum absolute atomic E-state index is 0.186. The molecule has 1 aliphatic heterocycles. The number of amides is 1. The molecular formula is C21H25ClFN3O2. The number of hydrogen-bond donors (Lipinski definition) is 1. The van der Waals surface area contributed by atoms with Crippen LogP contribution in [0.25, 0.3) is 0 Å². The van der Waals surface area contributed by atoms with Crippen molar-refractivity contribution in [3.8, 4) is 5.75 Å². The van der Waals surface area contributed by atoms with Gasteiger partial charge in [0, 0.05) is 26.2 Å². The van der Waals surface area contributed by atoms with Crippen molar-refractivity contribution in [2.24, 2.45) is 5.73 Å². The zero-order chi connectivity index (χ0) is 19.9. The van der Waals surface area contributed by atoms with E-state index < -0.39 is 5.91 Å². The third-order valence-electron chi connectivity index (χ3n) is 4.75. The first-order chi connectivity index (χ1) is 13.5. The van der Waals surface area contributed by atoms with E-state index in [0.29, 0.717) is 10.8 Å². The van der Waals surface area contributed by atoms with Crippen LogP contribution in [0.1, 0.15) is 17.5 Å². The summed E-state index contributed by atoms with van der Waals surface area (Å²) < 4.78 is 18.7. The summed E-state index contributed by atoms with van der Waals surface area (Å²) in [6, 6.07) is 12.4. The number of carbonyl (C=O) groups is 1. The number of benzene rings is 2. The minimum Gasteiger partial charge on any atom is -0.482 e. The summed E-state index contributed by atoms with van der Waals surface area (Å²) in [5, 5.41) is 0.473. The normalized spacial score (nSPS) is 15.9. The van der Waals surface area contributed by atoms with Gasteiger partial charge in [-0.05, 0) is 54.9 Å². The van der Waals surface area contributed by atoms with Crippen molar-refractivity contribution in [2.75, 3.05) is 32.8 Å². The van der Waals surface area contributed by atoms with Crippen LogP contribution in [0.4, 0.5) is 4.39 Å². The van der Waals surface area contributed by atoms with Gasteiger partial charge in [0.2, 0.25) is 0 Å². The van der Waals surface area contributed by atoms with Crippen LogP contribution in [0, 0.1) is 5.82 Å². The van der Waals surface area contributed by atoms with Gasteiger partial charge in [0.15, 0.2) is 6.61 Å². The van der Waals surface area contributed by atoms with Crippen LogP contribution in [0.15, 0.2) is 42.5 Å². The van der Waals surface area contributed by atoms with Gasteiger partial charge >= 0.3 is 0 Å². The highest BCUT2D eigenvalue weighted by Gasteiger charge is 2.16. The van der Waals surface area contributed by atoms with Crippen LogP contribution in [-0.4, -0.2) is 48.5 Å². The van der Waals surface area contributed by atoms with Gasteiger partial charge in [-0.3, -0.25) is 14.6 Å². The molecule has 0 bridgehead atoms. The highest BCUT2D eigenvalue weighted by molar-refractivity contribution is 6.32. The van der Waals surface area contributed by atoms with Crippen molar-refractivity contribution in [3.05, 3.63) is 64.4 Å². The second-order valence-corrected chi connectivity index (χ2v) is 7.46. The molecule has 150 valence electrons. The summed E-state index contributed by atoms with van der Waals surface area (Å²) in [4.78, 5) is 15.6. The Morgan fingerprint density at radius 1 is 1.04 bits per heavy atom. The van der Waals surface area contributed by atoms with E-state index in [1.807, 2.05) is 18.2 Å². The molecule has 0 atom stereocenters. The molecule has 28 heavy (non-hydrogen) atoms. The monoisotopic (exact) mass is 405 g/mol. The van der Waals surface area contributed by atoms with Gasteiger partial charge in [0.25, 0.3) is 5.91 Å². The predicted molar refractivity (Wildman–Crippen MR) is 108 cm³/mol. The summed E-state index contributed by atoms with van der Waals surface area (Å²) >= 11 is 6.25. The second-order valence-electron chi connectivity index (χ2n) is 7.06. The summed E-state index contributed by atoms with van der Waals surface area (Å²) in [5.41, 5.74) is 7.19. The Morgan fingerprint density at radius 3 is 2.32 bits per heavy atom. The number of hydrogen-bond acceptors (Lipinski definition) is 4. The van der Waals surface area contributed by atoms with Crippen molar-refractivity contribution < 1.29 is 13.9 Å². The predicted octanol–water partition coefficient (Wildman–Crippen LogP) is 3.05. The Morgan fingerprint density at radius 2 is 1.71 bits per heavy atom.